The first-order chi connectivity index (χ1) is 7.04. The summed E-state index contributed by atoms with van der Waals surface area (Å²) < 4.78 is 5.96. The maximum atomic E-state index is 11.5. The topological polar surface area (TPSA) is 60.3 Å². The van der Waals surface area contributed by atoms with Crippen molar-refractivity contribution in [3.05, 3.63) is 23.0 Å². The van der Waals surface area contributed by atoms with Crippen molar-refractivity contribution in [2.24, 2.45) is 7.05 Å². The number of aryl methyl sites for hydroxylation is 1. The highest BCUT2D eigenvalue weighted by molar-refractivity contribution is 6.31. The van der Waals surface area contributed by atoms with E-state index in [1.807, 2.05) is 0 Å². The molecule has 0 aliphatic heterocycles. The molecule has 6 heteroatoms. The third kappa shape index (κ3) is 2.99. The highest BCUT2D eigenvalue weighted by atomic mass is 35.5. The Morgan fingerprint density at radius 3 is 2.73 bits per heavy atom. The average Bonchev–Trinajstić information content (AvgIpc) is 2.53. The predicted octanol–water partition coefficient (Wildman–Crippen LogP) is 0.581. The van der Waals surface area contributed by atoms with Gasteiger partial charge in [-0.25, -0.2) is 0 Å². The Hall–Kier alpha value is -1.49. The number of hydrogen-bond acceptors (Lipinski definition) is 3. The lowest BCUT2D eigenvalue weighted by Crippen LogP contribution is -2.31. The van der Waals surface area contributed by atoms with Crippen molar-refractivity contribution >= 4 is 23.5 Å². The molecule has 1 rings (SSSR count). The number of amides is 1. The molecule has 1 heterocycles. The third-order valence-electron chi connectivity index (χ3n) is 1.83. The number of carbonyl (C=O) groups excluding carboxylic acids is 2. The van der Waals surface area contributed by atoms with E-state index >= 15 is 0 Å². The summed E-state index contributed by atoms with van der Waals surface area (Å²) in [7, 11) is 2.95. The number of carbonyl (C=O) groups is 2. The number of nitrogens with zero attached hydrogens (tertiary/aromatic N) is 1. The van der Waals surface area contributed by atoms with Crippen molar-refractivity contribution in [2.75, 3.05) is 13.7 Å². The summed E-state index contributed by atoms with van der Waals surface area (Å²) in [6, 6.07) is 1.52. The average molecular weight is 231 g/mol. The lowest BCUT2D eigenvalue weighted by atomic mass is 10.4. The molecule has 0 saturated heterocycles. The van der Waals surface area contributed by atoms with Gasteiger partial charge in [0.05, 0.1) is 12.1 Å². The first kappa shape index (κ1) is 11.6. The molecule has 1 aromatic rings. The van der Waals surface area contributed by atoms with Crippen LogP contribution in [0.15, 0.2) is 12.3 Å². The molecule has 1 aromatic heterocycles. The van der Waals surface area contributed by atoms with Gasteiger partial charge in [-0.2, -0.15) is 0 Å². The van der Waals surface area contributed by atoms with Crippen LogP contribution >= 0.6 is 11.6 Å². The second-order valence-electron chi connectivity index (χ2n) is 2.91. The van der Waals surface area contributed by atoms with Gasteiger partial charge in [0.25, 0.3) is 5.91 Å². The molecule has 0 bridgehead atoms. The molecule has 0 radical (unpaired) electrons. The van der Waals surface area contributed by atoms with Crippen molar-refractivity contribution in [1.82, 2.24) is 9.88 Å². The van der Waals surface area contributed by atoms with Gasteiger partial charge in [-0.3, -0.25) is 9.59 Å². The van der Waals surface area contributed by atoms with Gasteiger partial charge in [0.1, 0.15) is 12.2 Å². The molecule has 0 spiro atoms. The van der Waals surface area contributed by atoms with E-state index in [-0.39, 0.29) is 12.5 Å². The Morgan fingerprint density at radius 1 is 1.60 bits per heavy atom. The van der Waals surface area contributed by atoms with Crippen LogP contribution in [-0.2, 0) is 16.6 Å². The number of aromatic nitrogens is 1. The van der Waals surface area contributed by atoms with Gasteiger partial charge in [0, 0.05) is 13.2 Å². The molecule has 0 aliphatic carbocycles. The van der Waals surface area contributed by atoms with Crippen LogP contribution in [0.2, 0.25) is 5.02 Å². The van der Waals surface area contributed by atoms with Crippen molar-refractivity contribution in [3.63, 3.8) is 0 Å². The van der Waals surface area contributed by atoms with Gasteiger partial charge in [-0.1, -0.05) is 11.6 Å². The fourth-order valence-electron chi connectivity index (χ4n) is 1.07. The van der Waals surface area contributed by atoms with E-state index in [1.54, 1.807) is 17.8 Å². The summed E-state index contributed by atoms with van der Waals surface area (Å²) in [5, 5.41) is 2.88. The Balaban J connectivity index is 2.61. The van der Waals surface area contributed by atoms with E-state index in [1.165, 1.54) is 13.2 Å². The molecule has 0 saturated carbocycles. The SMILES string of the molecule is COC(=O)CNC(=O)c1cc(Cl)cn1C. The minimum atomic E-state index is -0.497. The molecular weight excluding hydrogens is 220 g/mol. The molecule has 1 amide bonds. The molecule has 5 nitrogen and oxygen atoms in total. The number of methoxy groups -OCH3 is 1. The van der Waals surface area contributed by atoms with Crippen LogP contribution in [0.25, 0.3) is 0 Å². The minimum absolute atomic E-state index is 0.155. The van der Waals surface area contributed by atoms with E-state index in [0.29, 0.717) is 10.7 Å². The van der Waals surface area contributed by atoms with Gasteiger partial charge in [0.2, 0.25) is 0 Å². The molecule has 0 atom stereocenters. The maximum Gasteiger partial charge on any atom is 0.325 e. The summed E-state index contributed by atoms with van der Waals surface area (Å²) in [4.78, 5) is 22.3. The molecule has 0 unspecified atom stereocenters. The van der Waals surface area contributed by atoms with E-state index in [2.05, 4.69) is 10.1 Å². The fourth-order valence-corrected chi connectivity index (χ4v) is 1.31. The summed E-state index contributed by atoms with van der Waals surface area (Å²) in [5.74, 6) is -0.863. The molecule has 0 fully saturated rings. The highest BCUT2D eigenvalue weighted by Crippen LogP contribution is 2.12. The van der Waals surface area contributed by atoms with Crippen LogP contribution < -0.4 is 5.32 Å². The van der Waals surface area contributed by atoms with Gasteiger partial charge in [-0.15, -0.1) is 0 Å². The number of hydrogen-bond donors (Lipinski definition) is 1. The van der Waals surface area contributed by atoms with Crippen LogP contribution in [0.3, 0.4) is 0 Å². The predicted molar refractivity (Wildman–Crippen MR) is 54.8 cm³/mol. The first-order valence-corrected chi connectivity index (χ1v) is 4.59. The molecule has 1 N–H and O–H groups in total. The summed E-state index contributed by atoms with van der Waals surface area (Å²) >= 11 is 5.71. The quantitative estimate of drug-likeness (QED) is 0.773. The second-order valence-corrected chi connectivity index (χ2v) is 3.35. The van der Waals surface area contributed by atoms with Crippen molar-refractivity contribution in [2.45, 2.75) is 0 Å². The lowest BCUT2D eigenvalue weighted by molar-refractivity contribution is -0.139. The minimum Gasteiger partial charge on any atom is -0.468 e. The van der Waals surface area contributed by atoms with Gasteiger partial charge in [0.15, 0.2) is 0 Å². The van der Waals surface area contributed by atoms with Gasteiger partial charge < -0.3 is 14.6 Å². The number of nitrogens with one attached hydrogen (secondary N) is 1. The zero-order chi connectivity index (χ0) is 11.4. The zero-order valence-electron chi connectivity index (χ0n) is 8.41. The van der Waals surface area contributed by atoms with Crippen molar-refractivity contribution in [3.8, 4) is 0 Å². The largest absolute Gasteiger partial charge is 0.468 e. The molecule has 0 aromatic carbocycles. The monoisotopic (exact) mass is 230 g/mol. The number of rotatable bonds is 3. The van der Waals surface area contributed by atoms with Crippen LogP contribution in [0, 0.1) is 0 Å². The number of halogens is 1. The van der Waals surface area contributed by atoms with Crippen molar-refractivity contribution in [1.29, 1.82) is 0 Å². The Labute approximate surface area is 92.0 Å². The molecule has 0 aliphatic rings. The summed E-state index contributed by atoms with van der Waals surface area (Å²) in [5.41, 5.74) is 0.393. The Morgan fingerprint density at radius 2 is 2.27 bits per heavy atom. The smallest absolute Gasteiger partial charge is 0.325 e. The normalized spacial score (nSPS) is 9.80. The number of esters is 1. The Bertz CT molecular complexity index is 387. The molecule has 82 valence electrons. The van der Waals surface area contributed by atoms with Crippen LogP contribution in [0.1, 0.15) is 10.5 Å². The second kappa shape index (κ2) is 4.84. The molecular formula is C9H11ClN2O3. The van der Waals surface area contributed by atoms with Gasteiger partial charge in [-0.05, 0) is 6.07 Å². The Kier molecular flexibility index (Phi) is 3.74. The van der Waals surface area contributed by atoms with Crippen LogP contribution in [0.5, 0.6) is 0 Å². The maximum absolute atomic E-state index is 11.5. The first-order valence-electron chi connectivity index (χ1n) is 4.21. The third-order valence-corrected chi connectivity index (χ3v) is 2.03. The standard InChI is InChI=1S/C9H11ClN2O3/c1-12-5-6(10)3-7(12)9(14)11-4-8(13)15-2/h3,5H,4H2,1-2H3,(H,11,14). The van der Waals surface area contributed by atoms with E-state index in [4.69, 9.17) is 11.6 Å². The lowest BCUT2D eigenvalue weighted by Gasteiger charge is -2.04. The summed E-state index contributed by atoms with van der Waals surface area (Å²) in [6.07, 6.45) is 1.61. The number of ether oxygens (including phenoxy) is 1. The van der Waals surface area contributed by atoms with Crippen LogP contribution in [-0.4, -0.2) is 30.1 Å². The van der Waals surface area contributed by atoms with E-state index in [9.17, 15) is 9.59 Å². The fraction of sp³-hybridized carbons (Fsp3) is 0.333. The summed E-state index contributed by atoms with van der Waals surface area (Å²) in [6.45, 7) is -0.155. The molecule has 15 heavy (non-hydrogen) atoms. The van der Waals surface area contributed by atoms with Crippen LogP contribution in [0.4, 0.5) is 0 Å². The zero-order valence-corrected chi connectivity index (χ0v) is 9.17. The van der Waals surface area contributed by atoms with Gasteiger partial charge >= 0.3 is 5.97 Å². The van der Waals surface area contributed by atoms with Crippen molar-refractivity contribution < 1.29 is 14.3 Å². The van der Waals surface area contributed by atoms with E-state index in [0.717, 1.165) is 0 Å². The highest BCUT2D eigenvalue weighted by Gasteiger charge is 2.12. The van der Waals surface area contributed by atoms with E-state index < -0.39 is 5.97 Å².